The molecule has 31 heavy (non-hydrogen) atoms. The van der Waals surface area contributed by atoms with Gasteiger partial charge in [-0.2, -0.15) is 0 Å². The number of hydrogen-bond donors (Lipinski definition) is 3. The Bertz CT molecular complexity index is 1130. The molecule has 0 aromatic carbocycles. The molecule has 0 aliphatic heterocycles. The Labute approximate surface area is 182 Å². The second-order valence-corrected chi connectivity index (χ2v) is 7.57. The minimum atomic E-state index is -0.357. The predicted octanol–water partition coefficient (Wildman–Crippen LogP) is 2.92. The molecule has 8 heteroatoms. The van der Waals surface area contributed by atoms with E-state index in [4.69, 9.17) is 4.74 Å². The third kappa shape index (κ3) is 6.13. The molecule has 4 rings (SSSR count). The van der Waals surface area contributed by atoms with Gasteiger partial charge in [0.2, 0.25) is 5.88 Å². The fourth-order valence-electron chi connectivity index (χ4n) is 3.24. The first kappa shape index (κ1) is 22.5. The van der Waals surface area contributed by atoms with E-state index in [1.165, 1.54) is 12.5 Å². The van der Waals surface area contributed by atoms with Gasteiger partial charge in [0.15, 0.2) is 0 Å². The molecule has 4 heterocycles. The smallest absolute Gasteiger partial charge is 0.309 e. The Hall–Kier alpha value is -3.23. The van der Waals surface area contributed by atoms with Crippen LogP contribution in [0.5, 0.6) is 5.88 Å². The van der Waals surface area contributed by atoms with Gasteiger partial charge >= 0.3 is 5.97 Å². The lowest BCUT2D eigenvalue weighted by atomic mass is 10.2. The summed E-state index contributed by atoms with van der Waals surface area (Å²) in [6.07, 6.45) is 7.76. The molecule has 0 saturated heterocycles. The van der Waals surface area contributed by atoms with Crippen LogP contribution in [-0.2, 0) is 17.6 Å². The summed E-state index contributed by atoms with van der Waals surface area (Å²) in [6, 6.07) is 7.56. The molecule has 3 N–H and O–H groups in total. The van der Waals surface area contributed by atoms with Crippen LogP contribution in [0.3, 0.4) is 0 Å². The molecule has 0 radical (unpaired) electrons. The van der Waals surface area contributed by atoms with E-state index in [1.54, 1.807) is 6.07 Å². The fourth-order valence-corrected chi connectivity index (χ4v) is 3.24. The first-order valence-electron chi connectivity index (χ1n) is 10.3. The summed E-state index contributed by atoms with van der Waals surface area (Å²) in [5.41, 5.74) is 6.46. The minimum Gasteiger partial charge on any atom is -0.408 e. The van der Waals surface area contributed by atoms with Crippen molar-refractivity contribution < 1.29 is 9.53 Å². The molecule has 0 unspecified atom stereocenters. The van der Waals surface area contributed by atoms with Gasteiger partial charge in [-0.15, -0.1) is 0 Å². The summed E-state index contributed by atoms with van der Waals surface area (Å²) in [4.78, 5) is 28.1. The van der Waals surface area contributed by atoms with E-state index >= 15 is 0 Å². The topological polar surface area (TPSA) is 98.9 Å². The van der Waals surface area contributed by atoms with Crippen LogP contribution in [0, 0.1) is 0 Å². The number of ether oxygens (including phenoxy) is 1. The van der Waals surface area contributed by atoms with Gasteiger partial charge in [0.05, 0.1) is 22.1 Å². The standard InChI is InChI=1S/C12H15N3O2.C11H15N3/c1-8(16)17-11-4-3-10-12(15-11)9(7-14-10)5-6-13-2;1-14(2)7-5-9-8-13-10-4-3-6-12-11(9)10/h3-4,7,13-14H,5-6H2,1-2H3;3-4,6,8,13H,5,7H2,1-2H3. The number of aromatic nitrogens is 4. The van der Waals surface area contributed by atoms with E-state index in [1.807, 2.05) is 31.6 Å². The zero-order valence-corrected chi connectivity index (χ0v) is 18.5. The van der Waals surface area contributed by atoms with Gasteiger partial charge in [0.25, 0.3) is 0 Å². The quantitative estimate of drug-likeness (QED) is 0.396. The second kappa shape index (κ2) is 10.7. The van der Waals surface area contributed by atoms with E-state index in [-0.39, 0.29) is 5.97 Å². The Morgan fingerprint density at radius 1 is 1.06 bits per heavy atom. The number of pyridine rings is 2. The predicted molar refractivity (Wildman–Crippen MR) is 123 cm³/mol. The first-order valence-corrected chi connectivity index (χ1v) is 10.3. The van der Waals surface area contributed by atoms with Gasteiger partial charge < -0.3 is 24.9 Å². The van der Waals surface area contributed by atoms with Gasteiger partial charge in [-0.25, -0.2) is 4.98 Å². The number of rotatable bonds is 7. The molecule has 8 nitrogen and oxygen atoms in total. The minimum absolute atomic E-state index is 0.343. The largest absolute Gasteiger partial charge is 0.408 e. The average molecular weight is 423 g/mol. The molecule has 0 aliphatic rings. The summed E-state index contributed by atoms with van der Waals surface area (Å²) < 4.78 is 4.97. The Balaban J connectivity index is 0.000000179. The number of carbonyl (C=O) groups excluding carboxylic acids is 1. The van der Waals surface area contributed by atoms with Crippen LogP contribution < -0.4 is 10.1 Å². The van der Waals surface area contributed by atoms with Crippen LogP contribution >= 0.6 is 0 Å². The SMILES string of the molecule is CN(C)CCc1c[nH]c2cccnc12.CNCCc1c[nH]c2ccc(OC(C)=O)nc12. The third-order valence-corrected chi connectivity index (χ3v) is 4.81. The maximum atomic E-state index is 10.9. The van der Waals surface area contributed by atoms with Crippen molar-refractivity contribution in [3.8, 4) is 5.88 Å². The highest BCUT2D eigenvalue weighted by molar-refractivity contribution is 5.80. The van der Waals surface area contributed by atoms with Crippen molar-refractivity contribution in [2.75, 3.05) is 34.2 Å². The third-order valence-electron chi connectivity index (χ3n) is 4.81. The van der Waals surface area contributed by atoms with Crippen molar-refractivity contribution in [1.29, 1.82) is 0 Å². The molecule has 0 fully saturated rings. The molecule has 4 aromatic rings. The van der Waals surface area contributed by atoms with Crippen LogP contribution in [0.1, 0.15) is 18.1 Å². The van der Waals surface area contributed by atoms with Crippen molar-refractivity contribution in [3.05, 3.63) is 54.0 Å². The van der Waals surface area contributed by atoms with Gasteiger partial charge in [0.1, 0.15) is 0 Å². The van der Waals surface area contributed by atoms with Crippen LogP contribution in [0.2, 0.25) is 0 Å². The monoisotopic (exact) mass is 422 g/mol. The molecule has 0 saturated carbocycles. The fraction of sp³-hybridized carbons (Fsp3) is 0.348. The molecule has 0 atom stereocenters. The van der Waals surface area contributed by atoms with Gasteiger partial charge in [0, 0.05) is 38.1 Å². The number of fused-ring (bicyclic) bond motifs is 2. The van der Waals surface area contributed by atoms with E-state index < -0.39 is 0 Å². The van der Waals surface area contributed by atoms with E-state index in [2.05, 4.69) is 56.5 Å². The summed E-state index contributed by atoms with van der Waals surface area (Å²) >= 11 is 0. The summed E-state index contributed by atoms with van der Waals surface area (Å²) in [7, 11) is 6.08. The van der Waals surface area contributed by atoms with Gasteiger partial charge in [-0.3, -0.25) is 9.78 Å². The highest BCUT2D eigenvalue weighted by Crippen LogP contribution is 2.20. The molecule has 0 aliphatic carbocycles. The van der Waals surface area contributed by atoms with Crippen LogP contribution in [0.15, 0.2) is 42.9 Å². The summed E-state index contributed by atoms with van der Waals surface area (Å²) in [5, 5.41) is 3.09. The van der Waals surface area contributed by atoms with E-state index in [9.17, 15) is 4.79 Å². The molecule has 0 spiro atoms. The van der Waals surface area contributed by atoms with Gasteiger partial charge in [-0.05, 0) is 69.9 Å². The number of hydrogen-bond acceptors (Lipinski definition) is 6. The van der Waals surface area contributed by atoms with Gasteiger partial charge in [-0.1, -0.05) is 0 Å². The lowest BCUT2D eigenvalue weighted by molar-refractivity contribution is -0.132. The lowest BCUT2D eigenvalue weighted by Gasteiger charge is -2.07. The normalized spacial score (nSPS) is 11.0. The number of carbonyl (C=O) groups is 1. The Kier molecular flexibility index (Phi) is 7.75. The summed E-state index contributed by atoms with van der Waals surface area (Å²) in [5.74, 6) is -0.0144. The molecule has 164 valence electrons. The molecule has 0 amide bonds. The number of likely N-dealkylation sites (N-methyl/N-ethyl adjacent to an activating group) is 2. The van der Waals surface area contributed by atoms with Crippen molar-refractivity contribution in [1.82, 2.24) is 30.2 Å². The second-order valence-electron chi connectivity index (χ2n) is 7.57. The molecular weight excluding hydrogens is 392 g/mol. The van der Waals surface area contributed by atoms with Crippen molar-refractivity contribution in [3.63, 3.8) is 0 Å². The zero-order chi connectivity index (χ0) is 22.2. The number of esters is 1. The van der Waals surface area contributed by atoms with Crippen LogP contribution in [0.4, 0.5) is 0 Å². The van der Waals surface area contributed by atoms with E-state index in [0.29, 0.717) is 5.88 Å². The van der Waals surface area contributed by atoms with Crippen LogP contribution in [0.25, 0.3) is 22.1 Å². The highest BCUT2D eigenvalue weighted by atomic mass is 16.5. The molecular formula is C23H30N6O2. The lowest BCUT2D eigenvalue weighted by Crippen LogP contribution is -2.14. The number of nitrogens with zero attached hydrogens (tertiary/aromatic N) is 3. The number of nitrogens with one attached hydrogen (secondary N) is 3. The van der Waals surface area contributed by atoms with E-state index in [0.717, 1.165) is 53.6 Å². The summed E-state index contributed by atoms with van der Waals surface area (Å²) in [6.45, 7) is 3.31. The average Bonchev–Trinajstić information content (AvgIpc) is 3.34. The number of H-pyrrole nitrogens is 2. The Morgan fingerprint density at radius 2 is 1.77 bits per heavy atom. The zero-order valence-electron chi connectivity index (χ0n) is 18.5. The molecule has 4 aromatic heterocycles. The first-order chi connectivity index (χ1) is 15.0. The maximum Gasteiger partial charge on any atom is 0.309 e. The Morgan fingerprint density at radius 3 is 2.45 bits per heavy atom. The number of aromatic amines is 2. The highest BCUT2D eigenvalue weighted by Gasteiger charge is 2.08. The van der Waals surface area contributed by atoms with Crippen LogP contribution in [-0.4, -0.2) is 65.0 Å². The maximum absolute atomic E-state index is 10.9. The van der Waals surface area contributed by atoms with Crippen molar-refractivity contribution in [2.24, 2.45) is 0 Å². The van der Waals surface area contributed by atoms with Crippen molar-refractivity contribution >= 4 is 28.0 Å². The van der Waals surface area contributed by atoms with Crippen molar-refractivity contribution in [2.45, 2.75) is 19.8 Å². The molecule has 0 bridgehead atoms.